The second kappa shape index (κ2) is 7.20. The summed E-state index contributed by atoms with van der Waals surface area (Å²) in [4.78, 5) is 23.9. The van der Waals surface area contributed by atoms with Crippen molar-refractivity contribution in [1.82, 2.24) is 9.78 Å². The lowest BCUT2D eigenvalue weighted by atomic mass is 10.00. The first-order valence-electron chi connectivity index (χ1n) is 7.28. The van der Waals surface area contributed by atoms with Gasteiger partial charge in [0.1, 0.15) is 20.6 Å². The van der Waals surface area contributed by atoms with Gasteiger partial charge in [0.2, 0.25) is 5.78 Å². The van der Waals surface area contributed by atoms with Crippen molar-refractivity contribution in [2.45, 2.75) is 13.5 Å². The molecule has 0 aliphatic rings. The van der Waals surface area contributed by atoms with Gasteiger partial charge in [-0.1, -0.05) is 11.6 Å². The molecule has 0 spiro atoms. The van der Waals surface area contributed by atoms with Crippen LogP contribution in [0.1, 0.15) is 22.8 Å². The van der Waals surface area contributed by atoms with Crippen molar-refractivity contribution in [2.75, 3.05) is 0 Å². The lowest BCUT2D eigenvalue weighted by molar-refractivity contribution is -0.385. The molecule has 2 aromatic carbocycles. The van der Waals surface area contributed by atoms with Crippen LogP contribution in [-0.4, -0.2) is 20.5 Å². The number of benzene rings is 2. The van der Waals surface area contributed by atoms with E-state index in [1.165, 1.54) is 12.1 Å². The van der Waals surface area contributed by atoms with Gasteiger partial charge in [0.25, 0.3) is 5.69 Å². The van der Waals surface area contributed by atoms with Gasteiger partial charge in [-0.25, -0.2) is 4.39 Å². The Labute approximate surface area is 173 Å². The van der Waals surface area contributed by atoms with Gasteiger partial charge in [0, 0.05) is 23.6 Å². The zero-order valence-electron chi connectivity index (χ0n) is 13.1. The van der Waals surface area contributed by atoms with Crippen molar-refractivity contribution in [3.05, 3.63) is 64.5 Å². The third kappa shape index (κ3) is 3.12. The number of rotatable bonds is 4. The van der Waals surface area contributed by atoms with Gasteiger partial charge in [-0.15, -0.1) is 0 Å². The molecular formula is C16H9BrClFIN3O3. The van der Waals surface area contributed by atoms with Crippen LogP contribution in [0, 0.1) is 19.6 Å². The fourth-order valence-corrected chi connectivity index (χ4v) is 4.30. The Bertz CT molecular complexity index is 1090. The molecule has 1 aromatic heterocycles. The topological polar surface area (TPSA) is 78.0 Å². The Kier molecular flexibility index (Phi) is 5.31. The van der Waals surface area contributed by atoms with Crippen molar-refractivity contribution in [3.8, 4) is 0 Å². The molecule has 10 heteroatoms. The molecule has 0 unspecified atom stereocenters. The molecular weight excluding hydrogens is 543 g/mol. The third-order valence-electron chi connectivity index (χ3n) is 3.79. The van der Waals surface area contributed by atoms with Gasteiger partial charge in [0.15, 0.2) is 0 Å². The molecule has 6 nitrogen and oxygen atoms in total. The summed E-state index contributed by atoms with van der Waals surface area (Å²) in [5, 5.41) is 16.5. The minimum Gasteiger partial charge on any atom is -0.288 e. The molecule has 3 aromatic rings. The fraction of sp³-hybridized carbons (Fsp3) is 0.125. The third-order valence-corrected chi connectivity index (χ3v) is 6.03. The molecule has 0 radical (unpaired) electrons. The first-order chi connectivity index (χ1) is 12.3. The Morgan fingerprint density at radius 1 is 1.46 bits per heavy atom. The lowest BCUT2D eigenvalue weighted by Crippen LogP contribution is -2.08. The highest BCUT2D eigenvalue weighted by molar-refractivity contribution is 14.1. The maximum Gasteiger partial charge on any atom is 0.282 e. The van der Waals surface area contributed by atoms with Gasteiger partial charge in [-0.2, -0.15) is 5.10 Å². The number of ketones is 1. The van der Waals surface area contributed by atoms with Crippen LogP contribution in [-0.2, 0) is 6.54 Å². The molecule has 0 saturated heterocycles. The van der Waals surface area contributed by atoms with Gasteiger partial charge < -0.3 is 0 Å². The number of carbonyl (C=O) groups excluding carboxylic acids is 1. The van der Waals surface area contributed by atoms with Crippen LogP contribution in [0.3, 0.4) is 0 Å². The number of hydrogen-bond donors (Lipinski definition) is 0. The molecule has 26 heavy (non-hydrogen) atoms. The van der Waals surface area contributed by atoms with Crippen LogP contribution in [0.5, 0.6) is 0 Å². The standard InChI is InChI=1S/C16H9BrClFIN3O3/c1-2-22-16(20)9-6-11(23(25)26)12(13(17)14(9)21-22)15(24)8-5-7(19)3-4-10(8)18/h3-6H,2H2,1H3. The van der Waals surface area contributed by atoms with Crippen molar-refractivity contribution < 1.29 is 14.1 Å². The summed E-state index contributed by atoms with van der Waals surface area (Å²) >= 11 is 11.3. The monoisotopic (exact) mass is 551 g/mol. The van der Waals surface area contributed by atoms with Crippen molar-refractivity contribution in [2.24, 2.45) is 0 Å². The van der Waals surface area contributed by atoms with Crippen molar-refractivity contribution in [3.63, 3.8) is 0 Å². The van der Waals surface area contributed by atoms with Crippen LogP contribution in [0.25, 0.3) is 10.9 Å². The predicted octanol–water partition coefficient (Wildman–Crippen LogP) is 5.36. The average Bonchev–Trinajstić information content (AvgIpc) is 2.93. The highest BCUT2D eigenvalue weighted by Gasteiger charge is 2.30. The number of aromatic nitrogens is 2. The van der Waals surface area contributed by atoms with E-state index in [1.54, 1.807) is 4.68 Å². The summed E-state index contributed by atoms with van der Waals surface area (Å²) < 4.78 is 16.1. The SMILES string of the molecule is CCn1nc2c(Br)c(C(=O)c3cc(F)ccc3Cl)c([N+](=O)[O-])cc2c1I. The number of aryl methyl sites for hydroxylation is 1. The molecule has 0 aliphatic heterocycles. The van der Waals surface area contributed by atoms with Crippen LogP contribution in [0.2, 0.25) is 5.02 Å². The second-order valence-electron chi connectivity index (χ2n) is 5.30. The van der Waals surface area contributed by atoms with E-state index >= 15 is 0 Å². The summed E-state index contributed by atoms with van der Waals surface area (Å²) in [6, 6.07) is 4.61. The minimum absolute atomic E-state index is 0.00589. The smallest absolute Gasteiger partial charge is 0.282 e. The first-order valence-corrected chi connectivity index (χ1v) is 9.53. The van der Waals surface area contributed by atoms with E-state index in [2.05, 4.69) is 21.0 Å². The number of halogens is 4. The van der Waals surface area contributed by atoms with E-state index in [1.807, 2.05) is 29.5 Å². The van der Waals surface area contributed by atoms with E-state index < -0.39 is 22.2 Å². The average molecular weight is 553 g/mol. The molecule has 0 saturated carbocycles. The van der Waals surface area contributed by atoms with Crippen molar-refractivity contribution in [1.29, 1.82) is 0 Å². The Hall–Kier alpha value is -1.59. The Morgan fingerprint density at radius 3 is 2.77 bits per heavy atom. The summed E-state index contributed by atoms with van der Waals surface area (Å²) in [5.41, 5.74) is -0.354. The van der Waals surface area contributed by atoms with Crippen LogP contribution >= 0.6 is 50.1 Å². The number of carbonyl (C=O) groups is 1. The summed E-state index contributed by atoms with van der Waals surface area (Å²) in [6.45, 7) is 2.45. The van der Waals surface area contributed by atoms with Crippen LogP contribution < -0.4 is 0 Å². The van der Waals surface area contributed by atoms with E-state index in [-0.39, 0.29) is 20.6 Å². The molecule has 0 atom stereocenters. The largest absolute Gasteiger partial charge is 0.288 e. The fourth-order valence-electron chi connectivity index (χ4n) is 2.56. The number of nitro benzene ring substituents is 1. The summed E-state index contributed by atoms with van der Waals surface area (Å²) in [7, 11) is 0. The van der Waals surface area contributed by atoms with Gasteiger partial charge >= 0.3 is 0 Å². The predicted molar refractivity (Wildman–Crippen MR) is 107 cm³/mol. The molecule has 0 fully saturated rings. The number of fused-ring (bicyclic) bond motifs is 1. The normalized spacial score (nSPS) is 11.1. The second-order valence-corrected chi connectivity index (χ2v) is 7.52. The van der Waals surface area contributed by atoms with Crippen LogP contribution in [0.15, 0.2) is 28.7 Å². The molecule has 1 heterocycles. The number of nitro groups is 1. The molecule has 0 amide bonds. The highest BCUT2D eigenvalue weighted by atomic mass is 127. The maximum atomic E-state index is 13.6. The highest BCUT2D eigenvalue weighted by Crippen LogP contribution is 2.38. The van der Waals surface area contributed by atoms with E-state index in [0.29, 0.717) is 21.1 Å². The summed E-state index contributed by atoms with van der Waals surface area (Å²) in [6.07, 6.45) is 0. The lowest BCUT2D eigenvalue weighted by Gasteiger charge is -2.08. The molecule has 0 aliphatic carbocycles. The van der Waals surface area contributed by atoms with Gasteiger partial charge in [-0.3, -0.25) is 19.6 Å². The number of hydrogen-bond acceptors (Lipinski definition) is 4. The van der Waals surface area contributed by atoms with E-state index in [9.17, 15) is 19.3 Å². The van der Waals surface area contributed by atoms with E-state index in [0.717, 1.165) is 12.1 Å². The quantitative estimate of drug-likeness (QED) is 0.189. The maximum absolute atomic E-state index is 13.6. The van der Waals surface area contributed by atoms with Crippen molar-refractivity contribution >= 4 is 72.5 Å². The molecule has 134 valence electrons. The first kappa shape index (κ1) is 19.2. The van der Waals surface area contributed by atoms with E-state index in [4.69, 9.17) is 11.6 Å². The molecule has 3 rings (SSSR count). The van der Waals surface area contributed by atoms with Crippen LogP contribution in [0.4, 0.5) is 10.1 Å². The summed E-state index contributed by atoms with van der Waals surface area (Å²) in [5.74, 6) is -1.42. The zero-order valence-corrected chi connectivity index (χ0v) is 17.6. The Balaban J connectivity index is 2.35. The molecule has 0 N–H and O–H groups in total. The molecule has 0 bridgehead atoms. The number of nitrogens with zero attached hydrogens (tertiary/aromatic N) is 3. The van der Waals surface area contributed by atoms with Gasteiger partial charge in [-0.05, 0) is 63.6 Å². The Morgan fingerprint density at radius 2 is 2.15 bits per heavy atom. The van der Waals surface area contributed by atoms with Gasteiger partial charge in [0.05, 0.1) is 14.4 Å². The minimum atomic E-state index is -0.754. The zero-order chi connectivity index (χ0) is 19.2.